The molecule has 0 saturated heterocycles. The lowest BCUT2D eigenvalue weighted by Gasteiger charge is -2.19. The van der Waals surface area contributed by atoms with Crippen LogP contribution in [0.3, 0.4) is 0 Å². The summed E-state index contributed by atoms with van der Waals surface area (Å²) in [6, 6.07) is 6.61. The summed E-state index contributed by atoms with van der Waals surface area (Å²) >= 11 is 0. The molecule has 0 aliphatic rings. The Morgan fingerprint density at radius 3 is 2.55 bits per heavy atom. The van der Waals surface area contributed by atoms with Crippen LogP contribution in [-0.2, 0) is 4.74 Å². The second-order valence-corrected chi connectivity index (χ2v) is 5.42. The first-order chi connectivity index (χ1) is 9.24. The highest BCUT2D eigenvalue weighted by Crippen LogP contribution is 2.20. The molecule has 2 rings (SSSR count). The number of benzene rings is 1. The minimum Gasteiger partial charge on any atom is -0.477 e. The van der Waals surface area contributed by atoms with E-state index in [-0.39, 0.29) is 5.69 Å². The Hall–Kier alpha value is -2.50. The number of nitrogens with one attached hydrogen (secondary N) is 2. The number of aromatic nitrogens is 1. The lowest BCUT2D eigenvalue weighted by Crippen LogP contribution is -2.27. The Bertz CT molecular complexity index is 667. The van der Waals surface area contributed by atoms with Gasteiger partial charge in [-0.05, 0) is 39.0 Å². The average Bonchev–Trinajstić information content (AvgIpc) is 2.69. The topological polar surface area (TPSA) is 91.4 Å². The Kier molecular flexibility index (Phi) is 3.40. The Balaban J connectivity index is 2.19. The van der Waals surface area contributed by atoms with E-state index in [0.717, 1.165) is 5.39 Å². The molecule has 6 nitrogen and oxygen atoms in total. The number of hydrogen-bond donors (Lipinski definition) is 3. The number of anilines is 1. The first-order valence-electron chi connectivity index (χ1n) is 6.11. The summed E-state index contributed by atoms with van der Waals surface area (Å²) < 4.78 is 5.14. The largest absolute Gasteiger partial charge is 0.477 e. The van der Waals surface area contributed by atoms with Crippen LogP contribution < -0.4 is 5.32 Å². The third kappa shape index (κ3) is 3.28. The number of fused-ring (bicyclic) bond motifs is 1. The van der Waals surface area contributed by atoms with Crippen molar-refractivity contribution >= 4 is 28.7 Å². The smallest absolute Gasteiger partial charge is 0.412 e. The molecule has 1 aromatic carbocycles. The number of ether oxygens (including phenoxy) is 1. The number of carbonyl (C=O) groups excluding carboxylic acids is 1. The molecule has 0 aliphatic heterocycles. The van der Waals surface area contributed by atoms with E-state index < -0.39 is 17.7 Å². The second-order valence-electron chi connectivity index (χ2n) is 5.42. The number of carbonyl (C=O) groups is 2. The molecule has 0 fully saturated rings. The summed E-state index contributed by atoms with van der Waals surface area (Å²) in [7, 11) is 0. The van der Waals surface area contributed by atoms with Crippen molar-refractivity contribution in [3.05, 3.63) is 30.0 Å². The minimum atomic E-state index is -1.03. The molecular formula is C14H16N2O4. The third-order valence-electron chi connectivity index (χ3n) is 2.50. The highest BCUT2D eigenvalue weighted by Gasteiger charge is 2.16. The van der Waals surface area contributed by atoms with Gasteiger partial charge in [-0.3, -0.25) is 5.32 Å². The summed E-state index contributed by atoms with van der Waals surface area (Å²) in [5, 5.41) is 12.3. The molecule has 6 heteroatoms. The quantitative estimate of drug-likeness (QED) is 0.785. The maximum atomic E-state index is 11.6. The maximum absolute atomic E-state index is 11.6. The van der Waals surface area contributed by atoms with E-state index in [2.05, 4.69) is 10.3 Å². The van der Waals surface area contributed by atoms with E-state index in [4.69, 9.17) is 9.84 Å². The average molecular weight is 276 g/mol. The van der Waals surface area contributed by atoms with Crippen molar-refractivity contribution in [3.8, 4) is 0 Å². The lowest BCUT2D eigenvalue weighted by molar-refractivity contribution is 0.0634. The van der Waals surface area contributed by atoms with E-state index in [1.807, 2.05) is 0 Å². The van der Waals surface area contributed by atoms with Gasteiger partial charge in [0.2, 0.25) is 0 Å². The Labute approximate surface area is 115 Å². The number of rotatable bonds is 2. The molecule has 1 aromatic heterocycles. The first-order valence-corrected chi connectivity index (χ1v) is 6.11. The SMILES string of the molecule is CC(C)(C)OC(=O)Nc1ccc2cc(C(=O)O)[nH]c2c1. The van der Waals surface area contributed by atoms with Gasteiger partial charge in [-0.15, -0.1) is 0 Å². The van der Waals surface area contributed by atoms with Gasteiger partial charge in [-0.1, -0.05) is 6.07 Å². The fourth-order valence-corrected chi connectivity index (χ4v) is 1.74. The zero-order valence-corrected chi connectivity index (χ0v) is 11.5. The van der Waals surface area contributed by atoms with Gasteiger partial charge in [0.1, 0.15) is 11.3 Å². The molecule has 0 saturated carbocycles. The van der Waals surface area contributed by atoms with Gasteiger partial charge >= 0.3 is 12.1 Å². The molecule has 0 radical (unpaired) electrons. The monoisotopic (exact) mass is 276 g/mol. The number of aromatic amines is 1. The van der Waals surface area contributed by atoms with Crippen LogP contribution in [0.25, 0.3) is 10.9 Å². The standard InChI is InChI=1S/C14H16N2O4/c1-14(2,3)20-13(19)15-9-5-4-8-6-11(12(17)18)16-10(8)7-9/h4-7,16H,1-3H3,(H,15,19)(H,17,18). The fourth-order valence-electron chi connectivity index (χ4n) is 1.74. The van der Waals surface area contributed by atoms with Crippen molar-refractivity contribution in [3.63, 3.8) is 0 Å². The van der Waals surface area contributed by atoms with E-state index in [1.54, 1.807) is 39.0 Å². The number of carboxylic acid groups (broad SMARTS) is 1. The van der Waals surface area contributed by atoms with Crippen molar-refractivity contribution in [2.24, 2.45) is 0 Å². The van der Waals surface area contributed by atoms with Crippen LogP contribution >= 0.6 is 0 Å². The zero-order valence-electron chi connectivity index (χ0n) is 11.5. The molecule has 3 N–H and O–H groups in total. The van der Waals surface area contributed by atoms with Crippen LogP contribution in [0.2, 0.25) is 0 Å². The van der Waals surface area contributed by atoms with Gasteiger partial charge in [0.25, 0.3) is 0 Å². The molecule has 0 unspecified atom stereocenters. The van der Waals surface area contributed by atoms with Crippen molar-refractivity contribution in [1.29, 1.82) is 0 Å². The number of H-pyrrole nitrogens is 1. The molecule has 1 amide bonds. The normalized spacial score (nSPS) is 11.3. The van der Waals surface area contributed by atoms with Gasteiger partial charge in [0.05, 0.1) is 0 Å². The van der Waals surface area contributed by atoms with Crippen LogP contribution in [0.5, 0.6) is 0 Å². The summed E-state index contributed by atoms with van der Waals surface area (Å²) in [4.78, 5) is 25.3. The van der Waals surface area contributed by atoms with E-state index >= 15 is 0 Å². The lowest BCUT2D eigenvalue weighted by atomic mass is 10.2. The van der Waals surface area contributed by atoms with Crippen molar-refractivity contribution in [2.75, 3.05) is 5.32 Å². The van der Waals surface area contributed by atoms with Crippen LogP contribution in [-0.4, -0.2) is 27.8 Å². The summed E-state index contributed by atoms with van der Waals surface area (Å²) in [5.74, 6) is -1.03. The third-order valence-corrected chi connectivity index (χ3v) is 2.50. The molecule has 2 aromatic rings. The van der Waals surface area contributed by atoms with Crippen molar-refractivity contribution < 1.29 is 19.4 Å². The van der Waals surface area contributed by atoms with Crippen molar-refractivity contribution in [2.45, 2.75) is 26.4 Å². The van der Waals surface area contributed by atoms with E-state index in [1.165, 1.54) is 6.07 Å². The Morgan fingerprint density at radius 2 is 1.95 bits per heavy atom. The van der Waals surface area contributed by atoms with Gasteiger partial charge < -0.3 is 14.8 Å². The minimum absolute atomic E-state index is 0.106. The van der Waals surface area contributed by atoms with Crippen LogP contribution in [0.15, 0.2) is 24.3 Å². The number of amides is 1. The summed E-state index contributed by atoms with van der Waals surface area (Å²) in [6.45, 7) is 5.33. The van der Waals surface area contributed by atoms with Gasteiger partial charge in [-0.25, -0.2) is 9.59 Å². The van der Waals surface area contributed by atoms with Gasteiger partial charge in [0.15, 0.2) is 0 Å². The zero-order chi connectivity index (χ0) is 14.9. The number of hydrogen-bond acceptors (Lipinski definition) is 3. The van der Waals surface area contributed by atoms with Gasteiger partial charge in [0, 0.05) is 16.6 Å². The number of carboxylic acids is 1. The second kappa shape index (κ2) is 4.88. The van der Waals surface area contributed by atoms with Crippen LogP contribution in [0.4, 0.5) is 10.5 Å². The molecule has 106 valence electrons. The summed E-state index contributed by atoms with van der Waals surface area (Å²) in [6.07, 6.45) is -0.554. The van der Waals surface area contributed by atoms with E-state index in [9.17, 15) is 9.59 Å². The predicted molar refractivity (Wildman–Crippen MR) is 75.1 cm³/mol. The maximum Gasteiger partial charge on any atom is 0.412 e. The number of aromatic carboxylic acids is 1. The highest BCUT2D eigenvalue weighted by atomic mass is 16.6. The molecule has 0 bridgehead atoms. The van der Waals surface area contributed by atoms with Gasteiger partial charge in [-0.2, -0.15) is 0 Å². The summed E-state index contributed by atoms with van der Waals surface area (Å²) in [5.41, 5.74) is 0.702. The molecule has 0 aliphatic carbocycles. The molecule has 1 heterocycles. The highest BCUT2D eigenvalue weighted by molar-refractivity contribution is 5.96. The Morgan fingerprint density at radius 1 is 1.25 bits per heavy atom. The van der Waals surface area contributed by atoms with Crippen LogP contribution in [0, 0.1) is 0 Å². The molecule has 20 heavy (non-hydrogen) atoms. The van der Waals surface area contributed by atoms with E-state index in [0.29, 0.717) is 11.2 Å². The predicted octanol–water partition coefficient (Wildman–Crippen LogP) is 3.21. The first kappa shape index (κ1) is 13.9. The van der Waals surface area contributed by atoms with Crippen molar-refractivity contribution in [1.82, 2.24) is 4.98 Å². The molecule has 0 atom stereocenters. The molecular weight excluding hydrogens is 260 g/mol. The molecule has 0 spiro atoms. The van der Waals surface area contributed by atoms with Crippen LogP contribution in [0.1, 0.15) is 31.3 Å². The fraction of sp³-hybridized carbons (Fsp3) is 0.286.